The third-order valence-electron chi connectivity index (χ3n) is 3.66. The van der Waals surface area contributed by atoms with E-state index in [1.165, 1.54) is 45.6 Å². The molecule has 1 aromatic rings. The van der Waals surface area contributed by atoms with Crippen LogP contribution in [0.15, 0.2) is 18.2 Å². The summed E-state index contributed by atoms with van der Waals surface area (Å²) in [6, 6.07) is 5.67. The Morgan fingerprint density at radius 2 is 1.95 bits per heavy atom. The van der Waals surface area contributed by atoms with Crippen LogP contribution in [-0.4, -0.2) is 24.2 Å². The smallest absolute Gasteiger partial charge is 0.339 e. The van der Waals surface area contributed by atoms with Gasteiger partial charge >= 0.3 is 5.97 Å². The summed E-state index contributed by atoms with van der Waals surface area (Å²) in [5, 5.41) is 12.5. The third kappa shape index (κ3) is 3.63. The van der Waals surface area contributed by atoms with E-state index in [1.54, 1.807) is 12.1 Å². The fraction of sp³-hybridized carbons (Fsp3) is 0.533. The van der Waals surface area contributed by atoms with Crippen molar-refractivity contribution in [3.8, 4) is 5.75 Å². The molecule has 4 nitrogen and oxygen atoms in total. The molecule has 0 aromatic heterocycles. The molecule has 0 amide bonds. The van der Waals surface area contributed by atoms with Crippen LogP contribution in [0, 0.1) is 0 Å². The molecule has 0 radical (unpaired) electrons. The fourth-order valence-corrected chi connectivity index (χ4v) is 2.62. The second kappa shape index (κ2) is 6.45. The van der Waals surface area contributed by atoms with Crippen molar-refractivity contribution in [1.29, 1.82) is 0 Å². The Labute approximate surface area is 113 Å². The van der Waals surface area contributed by atoms with Crippen molar-refractivity contribution in [3.63, 3.8) is 0 Å². The monoisotopic (exact) mass is 263 g/mol. The van der Waals surface area contributed by atoms with Gasteiger partial charge in [-0.3, -0.25) is 0 Å². The molecule has 2 rings (SSSR count). The summed E-state index contributed by atoms with van der Waals surface area (Å²) in [5.41, 5.74) is 1.14. The Kier molecular flexibility index (Phi) is 4.66. The fourth-order valence-electron chi connectivity index (χ4n) is 2.62. The average molecular weight is 263 g/mol. The molecule has 4 heteroatoms. The molecule has 0 unspecified atom stereocenters. The summed E-state index contributed by atoms with van der Waals surface area (Å²) in [6.45, 7) is 0. The second-order valence-electron chi connectivity index (χ2n) is 5.05. The first kappa shape index (κ1) is 13.7. The number of aromatic carboxylic acids is 1. The van der Waals surface area contributed by atoms with Gasteiger partial charge in [-0.05, 0) is 25.0 Å². The van der Waals surface area contributed by atoms with E-state index in [9.17, 15) is 4.79 Å². The van der Waals surface area contributed by atoms with Gasteiger partial charge in [0.05, 0.1) is 7.11 Å². The Morgan fingerprint density at radius 3 is 2.53 bits per heavy atom. The van der Waals surface area contributed by atoms with Gasteiger partial charge in [-0.15, -0.1) is 0 Å². The van der Waals surface area contributed by atoms with Crippen LogP contribution in [0.5, 0.6) is 5.75 Å². The molecule has 0 saturated heterocycles. The van der Waals surface area contributed by atoms with Gasteiger partial charge in [0.1, 0.15) is 11.3 Å². The number of carboxylic acids is 1. The number of nitrogens with one attached hydrogen (secondary N) is 1. The predicted molar refractivity (Wildman–Crippen MR) is 75.1 cm³/mol. The molecule has 104 valence electrons. The molecule has 1 saturated carbocycles. The van der Waals surface area contributed by atoms with Crippen LogP contribution < -0.4 is 10.1 Å². The number of rotatable bonds is 4. The summed E-state index contributed by atoms with van der Waals surface area (Å²) in [4.78, 5) is 11.0. The largest absolute Gasteiger partial charge is 0.496 e. The van der Waals surface area contributed by atoms with Gasteiger partial charge in [-0.25, -0.2) is 4.79 Å². The first-order chi connectivity index (χ1) is 9.20. The molecule has 0 aliphatic heterocycles. The number of carbonyl (C=O) groups is 1. The van der Waals surface area contributed by atoms with Crippen LogP contribution in [0.4, 0.5) is 5.69 Å². The molecule has 1 aromatic carbocycles. The van der Waals surface area contributed by atoms with Gasteiger partial charge in [-0.1, -0.05) is 25.7 Å². The zero-order valence-electron chi connectivity index (χ0n) is 11.3. The molecule has 1 aliphatic carbocycles. The average Bonchev–Trinajstić information content (AvgIpc) is 2.67. The lowest BCUT2D eigenvalue weighted by Crippen LogP contribution is -2.18. The summed E-state index contributed by atoms with van der Waals surface area (Å²) in [7, 11) is 1.50. The van der Waals surface area contributed by atoms with Crippen molar-refractivity contribution in [3.05, 3.63) is 23.8 Å². The van der Waals surface area contributed by atoms with Gasteiger partial charge in [0.15, 0.2) is 0 Å². The highest BCUT2D eigenvalue weighted by molar-refractivity contribution is 5.91. The molecular formula is C15H21NO3. The number of methoxy groups -OCH3 is 1. The highest BCUT2D eigenvalue weighted by Crippen LogP contribution is 2.26. The maximum atomic E-state index is 11.0. The standard InChI is InChI=1S/C15H21NO3/c1-19-14-10-12(8-9-13(14)15(17)18)16-11-6-4-2-3-5-7-11/h8-11,16H,2-7H2,1H3,(H,17,18). The van der Waals surface area contributed by atoms with Gasteiger partial charge in [-0.2, -0.15) is 0 Å². The van der Waals surface area contributed by atoms with Crippen LogP contribution in [0.1, 0.15) is 48.9 Å². The maximum Gasteiger partial charge on any atom is 0.339 e. The molecule has 2 N–H and O–H groups in total. The van der Waals surface area contributed by atoms with Crippen LogP contribution in [-0.2, 0) is 0 Å². The minimum absolute atomic E-state index is 0.203. The van der Waals surface area contributed by atoms with Crippen LogP contribution in [0.2, 0.25) is 0 Å². The summed E-state index contributed by atoms with van der Waals surface area (Å²) >= 11 is 0. The van der Waals surface area contributed by atoms with Crippen molar-refractivity contribution < 1.29 is 14.6 Å². The van der Waals surface area contributed by atoms with Crippen molar-refractivity contribution in [2.45, 2.75) is 44.6 Å². The van der Waals surface area contributed by atoms with Crippen molar-refractivity contribution in [1.82, 2.24) is 0 Å². The zero-order valence-corrected chi connectivity index (χ0v) is 11.3. The quantitative estimate of drug-likeness (QED) is 0.816. The number of benzene rings is 1. The highest BCUT2D eigenvalue weighted by Gasteiger charge is 2.14. The molecular weight excluding hydrogens is 242 g/mol. The topological polar surface area (TPSA) is 58.6 Å². The summed E-state index contributed by atoms with van der Waals surface area (Å²) in [6.07, 6.45) is 7.54. The Bertz CT molecular complexity index is 437. The van der Waals surface area contributed by atoms with Gasteiger partial charge in [0, 0.05) is 17.8 Å². The van der Waals surface area contributed by atoms with E-state index in [0.29, 0.717) is 11.8 Å². The van der Waals surface area contributed by atoms with E-state index in [1.807, 2.05) is 6.07 Å². The van der Waals surface area contributed by atoms with Crippen LogP contribution in [0.3, 0.4) is 0 Å². The number of carboxylic acid groups (broad SMARTS) is 1. The maximum absolute atomic E-state index is 11.0. The third-order valence-corrected chi connectivity index (χ3v) is 3.66. The van der Waals surface area contributed by atoms with E-state index in [0.717, 1.165) is 5.69 Å². The van der Waals surface area contributed by atoms with E-state index < -0.39 is 5.97 Å². The number of hydrogen-bond acceptors (Lipinski definition) is 3. The predicted octanol–water partition coefficient (Wildman–Crippen LogP) is 3.53. The van der Waals surface area contributed by atoms with Crippen molar-refractivity contribution in [2.24, 2.45) is 0 Å². The normalized spacial score (nSPS) is 16.7. The van der Waals surface area contributed by atoms with Crippen LogP contribution >= 0.6 is 0 Å². The van der Waals surface area contributed by atoms with E-state index in [4.69, 9.17) is 9.84 Å². The van der Waals surface area contributed by atoms with E-state index >= 15 is 0 Å². The molecule has 0 bridgehead atoms. The lowest BCUT2D eigenvalue weighted by atomic mass is 10.1. The van der Waals surface area contributed by atoms with E-state index in [2.05, 4.69) is 5.32 Å². The lowest BCUT2D eigenvalue weighted by molar-refractivity contribution is 0.0693. The molecule has 0 heterocycles. The number of anilines is 1. The van der Waals surface area contributed by atoms with Crippen molar-refractivity contribution in [2.75, 3.05) is 12.4 Å². The summed E-state index contributed by atoms with van der Waals surface area (Å²) < 4.78 is 5.14. The highest BCUT2D eigenvalue weighted by atomic mass is 16.5. The van der Waals surface area contributed by atoms with Gasteiger partial charge in [0.25, 0.3) is 0 Å². The second-order valence-corrected chi connectivity index (χ2v) is 5.05. The van der Waals surface area contributed by atoms with Crippen molar-refractivity contribution >= 4 is 11.7 Å². The van der Waals surface area contributed by atoms with Gasteiger partial charge in [0.2, 0.25) is 0 Å². The van der Waals surface area contributed by atoms with Crippen LogP contribution in [0.25, 0.3) is 0 Å². The number of ether oxygens (including phenoxy) is 1. The molecule has 19 heavy (non-hydrogen) atoms. The number of hydrogen-bond donors (Lipinski definition) is 2. The summed E-state index contributed by atoms with van der Waals surface area (Å²) in [5.74, 6) is -0.552. The minimum Gasteiger partial charge on any atom is -0.496 e. The minimum atomic E-state index is -0.960. The SMILES string of the molecule is COc1cc(NC2CCCCCC2)ccc1C(=O)O. The molecule has 0 spiro atoms. The molecule has 1 fully saturated rings. The molecule has 0 atom stereocenters. The Hall–Kier alpha value is -1.71. The van der Waals surface area contributed by atoms with E-state index in [-0.39, 0.29) is 5.56 Å². The first-order valence-electron chi connectivity index (χ1n) is 6.88. The Morgan fingerprint density at radius 1 is 1.26 bits per heavy atom. The zero-order chi connectivity index (χ0) is 13.7. The Balaban J connectivity index is 2.09. The molecule has 1 aliphatic rings. The first-order valence-corrected chi connectivity index (χ1v) is 6.88. The van der Waals surface area contributed by atoms with Gasteiger partial charge < -0.3 is 15.2 Å². The lowest BCUT2D eigenvalue weighted by Gasteiger charge is -2.18.